The molecule has 0 amide bonds. The number of aliphatic hydroxyl groups is 1. The Hall–Kier alpha value is -0.560. The van der Waals surface area contributed by atoms with Gasteiger partial charge < -0.3 is 5.11 Å². The lowest BCUT2D eigenvalue weighted by Gasteiger charge is -2.06. The highest BCUT2D eigenvalue weighted by Gasteiger charge is 1.99. The van der Waals surface area contributed by atoms with Gasteiger partial charge >= 0.3 is 0 Å². The summed E-state index contributed by atoms with van der Waals surface area (Å²) < 4.78 is 0. The summed E-state index contributed by atoms with van der Waals surface area (Å²) in [6, 6.07) is 0. The Bertz CT molecular complexity index is 133. The van der Waals surface area contributed by atoms with E-state index >= 15 is 0 Å². The fourth-order valence-corrected chi connectivity index (χ4v) is 0.716. The second kappa shape index (κ2) is 2.14. The first-order valence-electron chi connectivity index (χ1n) is 2.82. The lowest BCUT2D eigenvalue weighted by molar-refractivity contribution is 0.225. The summed E-state index contributed by atoms with van der Waals surface area (Å²) in [5.74, 6) is 0. The van der Waals surface area contributed by atoms with Crippen molar-refractivity contribution in [1.29, 1.82) is 0 Å². The Morgan fingerprint density at radius 3 is 2.88 bits per heavy atom. The molecule has 0 aromatic carbocycles. The summed E-state index contributed by atoms with van der Waals surface area (Å²) in [6.45, 7) is 2.03. The second-order valence-corrected chi connectivity index (χ2v) is 2.11. The van der Waals surface area contributed by atoms with Crippen molar-refractivity contribution >= 4 is 0 Å². The van der Waals surface area contributed by atoms with Crippen LogP contribution in [0.25, 0.3) is 0 Å². The molecule has 1 rings (SSSR count). The van der Waals surface area contributed by atoms with Crippen LogP contribution in [0.2, 0.25) is 0 Å². The van der Waals surface area contributed by atoms with E-state index in [1.165, 1.54) is 5.57 Å². The van der Waals surface area contributed by atoms with Gasteiger partial charge in [0.25, 0.3) is 0 Å². The summed E-state index contributed by atoms with van der Waals surface area (Å²) in [4.78, 5) is 0. The van der Waals surface area contributed by atoms with E-state index < -0.39 is 0 Å². The first kappa shape index (κ1) is 5.57. The van der Waals surface area contributed by atoms with E-state index in [0.29, 0.717) is 0 Å². The first-order chi connectivity index (χ1) is 3.79. The van der Waals surface area contributed by atoms with Crippen LogP contribution in [-0.2, 0) is 0 Å². The average Bonchev–Trinajstić information content (AvgIpc) is 1.77. The average molecular weight is 110 g/mol. The van der Waals surface area contributed by atoms with Gasteiger partial charge in [-0.2, -0.15) is 0 Å². The number of rotatable bonds is 0. The Morgan fingerprint density at radius 2 is 2.50 bits per heavy atom. The van der Waals surface area contributed by atoms with Crippen LogP contribution in [0.15, 0.2) is 23.8 Å². The van der Waals surface area contributed by atoms with Crippen molar-refractivity contribution in [2.45, 2.75) is 19.4 Å². The Kier molecular flexibility index (Phi) is 1.49. The molecule has 0 saturated carbocycles. The normalized spacial score (nSPS) is 27.8. The van der Waals surface area contributed by atoms with Crippen LogP contribution >= 0.6 is 0 Å². The van der Waals surface area contributed by atoms with Crippen molar-refractivity contribution in [1.82, 2.24) is 0 Å². The molecular formula is C7H10O. The molecule has 0 unspecified atom stereocenters. The van der Waals surface area contributed by atoms with E-state index in [0.717, 1.165) is 6.42 Å². The van der Waals surface area contributed by atoms with Crippen LogP contribution in [0.5, 0.6) is 0 Å². The van der Waals surface area contributed by atoms with Crippen molar-refractivity contribution in [2.75, 3.05) is 0 Å². The zero-order valence-corrected chi connectivity index (χ0v) is 4.96. The summed E-state index contributed by atoms with van der Waals surface area (Å²) in [6.07, 6.45) is 6.33. The van der Waals surface area contributed by atoms with E-state index in [4.69, 9.17) is 5.11 Å². The maximum atomic E-state index is 8.90. The third-order valence-electron chi connectivity index (χ3n) is 1.26. The molecule has 0 aromatic rings. The predicted molar refractivity (Wildman–Crippen MR) is 33.5 cm³/mol. The number of allylic oxidation sites excluding steroid dienone is 2. The molecule has 1 heteroatoms. The highest BCUT2D eigenvalue weighted by molar-refractivity contribution is 5.21. The molecule has 8 heavy (non-hydrogen) atoms. The molecule has 0 saturated heterocycles. The molecule has 1 nitrogen and oxygen atoms in total. The van der Waals surface area contributed by atoms with Crippen molar-refractivity contribution in [3.63, 3.8) is 0 Å². The fraction of sp³-hybridized carbons (Fsp3) is 0.429. The van der Waals surface area contributed by atoms with Gasteiger partial charge in [0.05, 0.1) is 6.10 Å². The predicted octanol–water partition coefficient (Wildman–Crippen LogP) is 1.25. The first-order valence-corrected chi connectivity index (χ1v) is 2.82. The molecule has 1 N–H and O–H groups in total. The molecule has 44 valence electrons. The van der Waals surface area contributed by atoms with Crippen LogP contribution < -0.4 is 0 Å². The summed E-state index contributed by atoms with van der Waals surface area (Å²) >= 11 is 0. The highest BCUT2D eigenvalue weighted by Crippen LogP contribution is 2.08. The van der Waals surface area contributed by atoms with Gasteiger partial charge in [-0.05, 0) is 13.3 Å². The lowest BCUT2D eigenvalue weighted by Crippen LogP contribution is -2.02. The van der Waals surface area contributed by atoms with Gasteiger partial charge in [-0.25, -0.2) is 0 Å². The van der Waals surface area contributed by atoms with Crippen LogP contribution in [0.4, 0.5) is 0 Å². The smallest absolute Gasteiger partial charge is 0.0758 e. The maximum Gasteiger partial charge on any atom is 0.0758 e. The number of aliphatic hydroxyl groups excluding tert-OH is 1. The van der Waals surface area contributed by atoms with Gasteiger partial charge in [0.15, 0.2) is 0 Å². The van der Waals surface area contributed by atoms with Crippen LogP contribution in [0.3, 0.4) is 0 Å². The standard InChI is InChI=1S/C7H10O/c1-6-2-4-7(8)5-3-6/h2-4,7-8H,5H2,1H3/t7-/m1/s1. The van der Waals surface area contributed by atoms with Gasteiger partial charge in [0, 0.05) is 0 Å². The zero-order chi connectivity index (χ0) is 5.98. The largest absolute Gasteiger partial charge is 0.389 e. The van der Waals surface area contributed by atoms with Crippen LogP contribution in [0, 0.1) is 0 Å². The summed E-state index contributed by atoms with van der Waals surface area (Å²) in [7, 11) is 0. The van der Waals surface area contributed by atoms with Gasteiger partial charge in [-0.3, -0.25) is 0 Å². The number of hydrogen-bond donors (Lipinski definition) is 1. The van der Waals surface area contributed by atoms with Crippen molar-refractivity contribution < 1.29 is 5.11 Å². The molecule has 0 fully saturated rings. The third-order valence-corrected chi connectivity index (χ3v) is 1.26. The molecule has 1 atom stereocenters. The number of hydrogen-bond acceptors (Lipinski definition) is 1. The molecule has 0 heterocycles. The minimum Gasteiger partial charge on any atom is -0.389 e. The Balaban J connectivity index is 2.58. The lowest BCUT2D eigenvalue weighted by atomic mass is 10.1. The molecular weight excluding hydrogens is 100 g/mol. The summed E-state index contributed by atoms with van der Waals surface area (Å²) in [5.41, 5.74) is 1.25. The van der Waals surface area contributed by atoms with E-state index in [-0.39, 0.29) is 6.10 Å². The van der Waals surface area contributed by atoms with Crippen molar-refractivity contribution in [3.05, 3.63) is 23.8 Å². The van der Waals surface area contributed by atoms with E-state index in [1.807, 2.05) is 25.2 Å². The monoisotopic (exact) mass is 110 g/mol. The quantitative estimate of drug-likeness (QED) is 0.497. The molecule has 0 bridgehead atoms. The maximum absolute atomic E-state index is 8.90. The molecule has 1 aliphatic rings. The molecule has 1 aliphatic carbocycles. The fourth-order valence-electron chi connectivity index (χ4n) is 0.716. The third kappa shape index (κ3) is 1.20. The molecule has 0 aliphatic heterocycles. The topological polar surface area (TPSA) is 20.2 Å². The second-order valence-electron chi connectivity index (χ2n) is 2.11. The van der Waals surface area contributed by atoms with Crippen LogP contribution in [0.1, 0.15) is 13.3 Å². The van der Waals surface area contributed by atoms with Crippen LogP contribution in [-0.4, -0.2) is 11.2 Å². The van der Waals surface area contributed by atoms with Crippen molar-refractivity contribution in [3.8, 4) is 0 Å². The Labute approximate surface area is 49.3 Å². The van der Waals surface area contributed by atoms with Crippen molar-refractivity contribution in [2.24, 2.45) is 0 Å². The van der Waals surface area contributed by atoms with E-state index in [1.54, 1.807) is 0 Å². The van der Waals surface area contributed by atoms with Gasteiger partial charge in [0.2, 0.25) is 0 Å². The van der Waals surface area contributed by atoms with E-state index in [2.05, 4.69) is 0 Å². The molecule has 0 aromatic heterocycles. The minimum absolute atomic E-state index is 0.237. The highest BCUT2D eigenvalue weighted by atomic mass is 16.3. The van der Waals surface area contributed by atoms with Gasteiger partial charge in [-0.15, -0.1) is 0 Å². The Morgan fingerprint density at radius 1 is 1.75 bits per heavy atom. The minimum atomic E-state index is -0.237. The molecule has 0 spiro atoms. The summed E-state index contributed by atoms with van der Waals surface area (Å²) in [5, 5.41) is 8.90. The molecule has 0 radical (unpaired) electrons. The van der Waals surface area contributed by atoms with Gasteiger partial charge in [0.1, 0.15) is 0 Å². The van der Waals surface area contributed by atoms with E-state index in [9.17, 15) is 0 Å². The SMILES string of the molecule is CC1=CC[C@H](O)C=C1. The van der Waals surface area contributed by atoms with Gasteiger partial charge in [-0.1, -0.05) is 23.8 Å². The zero-order valence-electron chi connectivity index (χ0n) is 4.96.